The molecule has 4 heterocycles. The highest BCUT2D eigenvalue weighted by molar-refractivity contribution is 6.31. The molecule has 4 fully saturated rings. The van der Waals surface area contributed by atoms with Crippen LogP contribution in [0, 0.1) is 40.9 Å². The Labute approximate surface area is 355 Å². The van der Waals surface area contributed by atoms with Crippen LogP contribution in [0.2, 0.25) is 5.02 Å². The molecule has 1 saturated carbocycles. The Bertz CT molecular complexity index is 2250. The third kappa shape index (κ3) is 8.06. The number of piperazine rings is 1. The first-order chi connectivity index (χ1) is 29.1. The molecule has 2 amide bonds. The molecular formula is C47H51ClN6O6. The van der Waals surface area contributed by atoms with Gasteiger partial charge >= 0.3 is 0 Å². The Morgan fingerprint density at radius 3 is 2.25 bits per heavy atom. The second-order valence-corrected chi connectivity index (χ2v) is 18.1. The fourth-order valence-corrected chi connectivity index (χ4v) is 11.0. The van der Waals surface area contributed by atoms with E-state index in [4.69, 9.17) is 26.6 Å². The number of piperidine rings is 2. The number of halogens is 1. The average molecular weight is 831 g/mol. The molecule has 13 heteroatoms. The van der Waals surface area contributed by atoms with E-state index in [0.717, 1.165) is 120 Å². The molecule has 0 bridgehead atoms. The average Bonchev–Trinajstić information content (AvgIpc) is 3.26. The molecule has 3 aliphatic heterocycles. The molecule has 0 radical (unpaired) electrons. The maximum Gasteiger partial charge on any atom is 0.230 e. The number of carbonyl (C=O) groups excluding carboxylic acids is 5. The molecule has 3 aromatic rings. The maximum atomic E-state index is 13.8. The SMILES string of the molecule is N#Cc1ccc(OC2CCC(C3CCc4nc(N5CCC(CN6CCN(c7cccc8c7C(=O)C[C@@H](C7CCC(=O)NC7=O)C8=O)CC6)CC5)ccc4C3=O)CC2)cc1Cl. The first kappa shape index (κ1) is 40.3. The number of ether oxygens (including phenoxy) is 1. The van der Waals surface area contributed by atoms with Gasteiger partial charge in [-0.2, -0.15) is 5.26 Å². The number of rotatable bonds is 8. The number of imide groups is 1. The van der Waals surface area contributed by atoms with E-state index in [0.29, 0.717) is 45.7 Å². The van der Waals surface area contributed by atoms with Crippen LogP contribution < -0.4 is 19.9 Å². The van der Waals surface area contributed by atoms with Gasteiger partial charge in [-0.05, 0) is 100.0 Å². The predicted octanol–water partition coefficient (Wildman–Crippen LogP) is 6.47. The molecule has 1 N–H and O–H groups in total. The third-order valence-corrected chi connectivity index (χ3v) is 14.5. The first-order valence-corrected chi connectivity index (χ1v) is 22.2. The molecule has 2 aromatic carbocycles. The second-order valence-electron chi connectivity index (χ2n) is 17.7. The summed E-state index contributed by atoms with van der Waals surface area (Å²) in [4.78, 5) is 77.5. The Balaban J connectivity index is 0.737. The highest BCUT2D eigenvalue weighted by atomic mass is 35.5. The third-order valence-electron chi connectivity index (χ3n) is 14.2. The number of Topliss-reactive ketones (excluding diaryl/α,β-unsaturated/α-hetero) is 3. The van der Waals surface area contributed by atoms with Crippen molar-refractivity contribution >= 4 is 52.3 Å². The molecular weight excluding hydrogens is 780 g/mol. The van der Waals surface area contributed by atoms with Crippen molar-refractivity contribution in [3.8, 4) is 11.8 Å². The zero-order valence-electron chi connectivity index (χ0n) is 33.9. The van der Waals surface area contributed by atoms with Crippen LogP contribution in [0.15, 0.2) is 48.5 Å². The van der Waals surface area contributed by atoms with Crippen LogP contribution in [0.4, 0.5) is 11.5 Å². The lowest BCUT2D eigenvalue weighted by Crippen LogP contribution is -2.50. The van der Waals surface area contributed by atoms with Crippen LogP contribution >= 0.6 is 11.6 Å². The van der Waals surface area contributed by atoms with Crippen molar-refractivity contribution in [2.45, 2.75) is 76.7 Å². The van der Waals surface area contributed by atoms with Crippen molar-refractivity contribution in [1.29, 1.82) is 5.26 Å². The maximum absolute atomic E-state index is 13.8. The zero-order valence-corrected chi connectivity index (χ0v) is 34.6. The van der Waals surface area contributed by atoms with Gasteiger partial charge in [-0.1, -0.05) is 23.7 Å². The minimum Gasteiger partial charge on any atom is -0.490 e. The molecule has 312 valence electrons. The van der Waals surface area contributed by atoms with Crippen LogP contribution in [-0.2, 0) is 16.0 Å². The van der Waals surface area contributed by atoms with E-state index in [1.807, 2.05) is 24.3 Å². The number of hydrogen-bond acceptors (Lipinski definition) is 11. The van der Waals surface area contributed by atoms with Gasteiger partial charge in [0, 0.05) is 99.3 Å². The van der Waals surface area contributed by atoms with Crippen molar-refractivity contribution < 1.29 is 28.7 Å². The van der Waals surface area contributed by atoms with Crippen molar-refractivity contribution in [3.05, 3.63) is 81.5 Å². The van der Waals surface area contributed by atoms with E-state index in [9.17, 15) is 24.0 Å². The fraction of sp³-hybridized carbons (Fsp3) is 0.511. The monoisotopic (exact) mass is 830 g/mol. The number of fused-ring (bicyclic) bond motifs is 2. The lowest BCUT2D eigenvalue weighted by molar-refractivity contribution is -0.137. The fourth-order valence-electron chi connectivity index (χ4n) is 10.8. The van der Waals surface area contributed by atoms with Crippen LogP contribution in [0.5, 0.6) is 5.75 Å². The Morgan fingerprint density at radius 1 is 0.767 bits per heavy atom. The number of benzene rings is 2. The molecule has 0 spiro atoms. The van der Waals surface area contributed by atoms with Gasteiger partial charge in [0.25, 0.3) is 0 Å². The molecule has 3 aliphatic carbocycles. The van der Waals surface area contributed by atoms with Crippen molar-refractivity contribution in [3.63, 3.8) is 0 Å². The highest BCUT2D eigenvalue weighted by Crippen LogP contribution is 2.41. The number of ketones is 3. The van der Waals surface area contributed by atoms with Crippen LogP contribution in [-0.4, -0.2) is 91.0 Å². The molecule has 60 heavy (non-hydrogen) atoms. The predicted molar refractivity (Wildman–Crippen MR) is 226 cm³/mol. The molecule has 9 rings (SSSR count). The van der Waals surface area contributed by atoms with E-state index >= 15 is 0 Å². The Morgan fingerprint density at radius 2 is 1.52 bits per heavy atom. The summed E-state index contributed by atoms with van der Waals surface area (Å²) >= 11 is 6.21. The standard InChI is InChI=1S/C47H51ClN6O6/c48-38-24-32(9-6-30(38)26-49)60-31-7-4-29(5-8-31)33-10-13-39-35(45(33)57)11-14-42(50-39)54-18-16-28(17-19-54)27-52-20-22-53(23-21-52)40-3-1-2-36-44(40)41(55)25-37(46(36)58)34-12-15-43(56)51-47(34)59/h1-3,6,9,11,14,24,28-29,31,33-34,37H,4-5,7-8,10,12-13,15-23,25,27H2,(H,51,56,59)/t29?,31?,33?,34?,37-/m0/s1. The van der Waals surface area contributed by atoms with E-state index in [1.165, 1.54) is 0 Å². The van der Waals surface area contributed by atoms with E-state index < -0.39 is 17.7 Å². The summed E-state index contributed by atoms with van der Waals surface area (Å²) in [5.41, 5.74) is 3.83. The lowest BCUT2D eigenvalue weighted by atomic mass is 9.71. The van der Waals surface area contributed by atoms with Crippen molar-refractivity contribution in [1.82, 2.24) is 15.2 Å². The highest BCUT2D eigenvalue weighted by Gasteiger charge is 2.44. The van der Waals surface area contributed by atoms with Crippen LogP contribution in [0.25, 0.3) is 0 Å². The normalized spacial score (nSPS) is 26.6. The van der Waals surface area contributed by atoms with Gasteiger partial charge in [0.2, 0.25) is 11.8 Å². The number of nitrogens with one attached hydrogen (secondary N) is 1. The molecule has 12 nitrogen and oxygen atoms in total. The molecule has 3 saturated heterocycles. The van der Waals surface area contributed by atoms with Crippen LogP contribution in [0.1, 0.15) is 107 Å². The molecule has 2 unspecified atom stereocenters. The summed E-state index contributed by atoms with van der Waals surface area (Å²) in [6.45, 7) is 6.14. The lowest BCUT2D eigenvalue weighted by Gasteiger charge is -2.41. The van der Waals surface area contributed by atoms with Crippen molar-refractivity contribution in [2.75, 3.05) is 55.6 Å². The van der Waals surface area contributed by atoms with Gasteiger partial charge in [-0.3, -0.25) is 34.2 Å². The number of amides is 2. The number of pyridine rings is 1. The minimum atomic E-state index is -0.732. The minimum absolute atomic E-state index is 0.00784. The van der Waals surface area contributed by atoms with Gasteiger partial charge < -0.3 is 14.5 Å². The van der Waals surface area contributed by atoms with E-state index in [1.54, 1.807) is 24.3 Å². The number of carbonyl (C=O) groups is 5. The van der Waals surface area contributed by atoms with Gasteiger partial charge in [-0.25, -0.2) is 4.98 Å². The van der Waals surface area contributed by atoms with E-state index in [-0.39, 0.29) is 48.1 Å². The number of hydrogen-bond donors (Lipinski definition) is 1. The number of aromatic nitrogens is 1. The van der Waals surface area contributed by atoms with E-state index in [2.05, 4.69) is 26.1 Å². The summed E-state index contributed by atoms with van der Waals surface area (Å²) < 4.78 is 6.20. The largest absolute Gasteiger partial charge is 0.490 e. The number of anilines is 2. The number of nitriles is 1. The van der Waals surface area contributed by atoms with Gasteiger partial charge in [0.15, 0.2) is 17.3 Å². The smallest absolute Gasteiger partial charge is 0.230 e. The summed E-state index contributed by atoms with van der Waals surface area (Å²) in [6.07, 6.45) is 8.02. The van der Waals surface area contributed by atoms with Gasteiger partial charge in [0.1, 0.15) is 17.6 Å². The zero-order chi connectivity index (χ0) is 41.5. The molecule has 6 aliphatic rings. The number of nitrogens with zero attached hydrogens (tertiary/aromatic N) is 5. The number of aryl methyl sites for hydroxylation is 1. The quantitative estimate of drug-likeness (QED) is 0.249. The summed E-state index contributed by atoms with van der Waals surface area (Å²) in [7, 11) is 0. The summed E-state index contributed by atoms with van der Waals surface area (Å²) in [5, 5.41) is 11.9. The Kier molecular flexibility index (Phi) is 11.5. The second kappa shape index (κ2) is 17.1. The molecule has 3 atom stereocenters. The first-order valence-electron chi connectivity index (χ1n) is 21.8. The van der Waals surface area contributed by atoms with Crippen molar-refractivity contribution in [2.24, 2.45) is 29.6 Å². The topological polar surface area (TPSA) is 153 Å². The van der Waals surface area contributed by atoms with Gasteiger partial charge in [-0.15, -0.1) is 0 Å². The van der Waals surface area contributed by atoms with Crippen LogP contribution in [0.3, 0.4) is 0 Å². The summed E-state index contributed by atoms with van der Waals surface area (Å²) in [5.74, 6) is 0.370. The summed E-state index contributed by atoms with van der Waals surface area (Å²) in [6, 6.07) is 16.8. The van der Waals surface area contributed by atoms with Gasteiger partial charge in [0.05, 0.1) is 27.9 Å². The molecule has 1 aromatic heterocycles. The Hall–Kier alpha value is -5.12.